The summed E-state index contributed by atoms with van der Waals surface area (Å²) in [4.78, 5) is 19.9. The van der Waals surface area contributed by atoms with E-state index in [1.54, 1.807) is 16.8 Å². The Morgan fingerprint density at radius 2 is 2.08 bits per heavy atom. The number of halogens is 1. The van der Waals surface area contributed by atoms with Crippen LogP contribution in [0, 0.1) is 5.82 Å². The van der Waals surface area contributed by atoms with Crippen molar-refractivity contribution in [3.05, 3.63) is 42.0 Å². The van der Waals surface area contributed by atoms with Crippen LogP contribution in [0.4, 0.5) is 4.39 Å². The Hall–Kier alpha value is -2.55. The van der Waals surface area contributed by atoms with E-state index in [1.165, 1.54) is 30.2 Å². The van der Waals surface area contributed by atoms with E-state index in [2.05, 4.69) is 20.3 Å². The van der Waals surface area contributed by atoms with Gasteiger partial charge in [-0.3, -0.25) is 4.79 Å². The van der Waals surface area contributed by atoms with E-state index in [0.29, 0.717) is 29.2 Å². The summed E-state index contributed by atoms with van der Waals surface area (Å²) in [5.41, 5.74) is 1.85. The highest BCUT2D eigenvalue weighted by molar-refractivity contribution is 8.00. The third-order valence-corrected chi connectivity index (χ3v) is 5.11. The van der Waals surface area contributed by atoms with Crippen molar-refractivity contribution < 1.29 is 14.3 Å². The standard InChI is InChI=1S/C17H18FN5O2S/c1-2-3-4-13(17(24)25)26-16-14-15(19-10-20-16)23(22-21-14)9-11-5-7-12(18)8-6-11/h5-8,10,13H,2-4,9H2,1H3,(H,24,25). The van der Waals surface area contributed by atoms with E-state index in [0.717, 1.165) is 18.4 Å². The lowest BCUT2D eigenvalue weighted by atomic mass is 10.2. The van der Waals surface area contributed by atoms with Gasteiger partial charge in [0.1, 0.15) is 22.4 Å². The van der Waals surface area contributed by atoms with Crippen LogP contribution in [0.15, 0.2) is 35.6 Å². The Morgan fingerprint density at radius 3 is 2.77 bits per heavy atom. The summed E-state index contributed by atoms with van der Waals surface area (Å²) in [5, 5.41) is 17.6. The van der Waals surface area contributed by atoms with Gasteiger partial charge in [-0.25, -0.2) is 19.0 Å². The molecule has 0 saturated carbocycles. The number of benzene rings is 1. The number of carbonyl (C=O) groups is 1. The summed E-state index contributed by atoms with van der Waals surface area (Å²) in [6.45, 7) is 2.41. The van der Waals surface area contributed by atoms with E-state index in [1.807, 2.05) is 6.92 Å². The third-order valence-electron chi connectivity index (χ3n) is 3.86. The highest BCUT2D eigenvalue weighted by Crippen LogP contribution is 2.29. The van der Waals surface area contributed by atoms with Crippen molar-refractivity contribution in [2.45, 2.75) is 43.0 Å². The summed E-state index contributed by atoms with van der Waals surface area (Å²) in [7, 11) is 0. The number of carboxylic acids is 1. The Bertz CT molecular complexity index is 900. The van der Waals surface area contributed by atoms with Crippen molar-refractivity contribution >= 4 is 28.9 Å². The van der Waals surface area contributed by atoms with Crippen LogP contribution in [0.5, 0.6) is 0 Å². The second kappa shape index (κ2) is 8.22. The minimum Gasteiger partial charge on any atom is -0.480 e. The maximum atomic E-state index is 13.0. The van der Waals surface area contributed by atoms with Gasteiger partial charge in [0.05, 0.1) is 6.54 Å². The minimum absolute atomic E-state index is 0.301. The predicted molar refractivity (Wildman–Crippen MR) is 95.4 cm³/mol. The summed E-state index contributed by atoms with van der Waals surface area (Å²) in [5.74, 6) is -1.17. The van der Waals surface area contributed by atoms with Gasteiger partial charge in [0.2, 0.25) is 0 Å². The number of unbranched alkanes of at least 4 members (excludes halogenated alkanes) is 1. The van der Waals surface area contributed by atoms with Crippen LogP contribution in [0.3, 0.4) is 0 Å². The Kier molecular flexibility index (Phi) is 5.77. The Morgan fingerprint density at radius 1 is 1.31 bits per heavy atom. The molecule has 0 bridgehead atoms. The van der Waals surface area contributed by atoms with Gasteiger partial charge < -0.3 is 5.11 Å². The van der Waals surface area contributed by atoms with Gasteiger partial charge >= 0.3 is 5.97 Å². The molecule has 9 heteroatoms. The second-order valence-corrected chi connectivity index (χ2v) is 7.00. The van der Waals surface area contributed by atoms with Gasteiger partial charge in [-0.15, -0.1) is 5.10 Å². The zero-order valence-corrected chi connectivity index (χ0v) is 15.0. The lowest BCUT2D eigenvalue weighted by Crippen LogP contribution is -2.16. The van der Waals surface area contributed by atoms with Crippen molar-refractivity contribution in [2.24, 2.45) is 0 Å². The van der Waals surface area contributed by atoms with Gasteiger partial charge in [-0.1, -0.05) is 48.9 Å². The van der Waals surface area contributed by atoms with Crippen molar-refractivity contribution in [1.29, 1.82) is 0 Å². The molecule has 3 aromatic rings. The van der Waals surface area contributed by atoms with Crippen LogP contribution in [-0.2, 0) is 11.3 Å². The lowest BCUT2D eigenvalue weighted by molar-refractivity contribution is -0.136. The van der Waals surface area contributed by atoms with Crippen molar-refractivity contribution in [3.63, 3.8) is 0 Å². The summed E-state index contributed by atoms with van der Waals surface area (Å²) >= 11 is 1.17. The van der Waals surface area contributed by atoms with Crippen molar-refractivity contribution in [3.8, 4) is 0 Å². The Balaban J connectivity index is 1.85. The molecule has 1 atom stereocenters. The van der Waals surface area contributed by atoms with Gasteiger partial charge in [0, 0.05) is 0 Å². The molecule has 1 aromatic carbocycles. The highest BCUT2D eigenvalue weighted by Gasteiger charge is 2.22. The number of hydrogen-bond acceptors (Lipinski definition) is 6. The first-order valence-corrected chi connectivity index (χ1v) is 9.14. The van der Waals surface area contributed by atoms with Gasteiger partial charge in [-0.2, -0.15) is 0 Å². The van der Waals surface area contributed by atoms with E-state index < -0.39 is 11.2 Å². The second-order valence-electron chi connectivity index (χ2n) is 5.81. The van der Waals surface area contributed by atoms with Gasteiger partial charge in [-0.05, 0) is 24.1 Å². The maximum Gasteiger partial charge on any atom is 0.317 e. The number of aliphatic carboxylic acids is 1. The van der Waals surface area contributed by atoms with Crippen LogP contribution in [0.2, 0.25) is 0 Å². The number of nitrogens with zero attached hydrogens (tertiary/aromatic N) is 5. The lowest BCUT2D eigenvalue weighted by Gasteiger charge is -2.10. The molecule has 0 radical (unpaired) electrons. The molecule has 136 valence electrons. The quantitative estimate of drug-likeness (QED) is 0.477. The van der Waals surface area contributed by atoms with Crippen molar-refractivity contribution in [2.75, 3.05) is 0 Å². The van der Waals surface area contributed by atoms with Crippen molar-refractivity contribution in [1.82, 2.24) is 25.0 Å². The number of thioether (sulfide) groups is 1. The zero-order chi connectivity index (χ0) is 18.5. The molecular formula is C17H18FN5O2S. The minimum atomic E-state index is -0.867. The van der Waals surface area contributed by atoms with E-state index in [9.17, 15) is 14.3 Å². The first-order chi connectivity index (χ1) is 12.6. The Labute approximate surface area is 153 Å². The number of hydrogen-bond donors (Lipinski definition) is 1. The first-order valence-electron chi connectivity index (χ1n) is 8.26. The fourth-order valence-electron chi connectivity index (χ4n) is 2.48. The number of fused-ring (bicyclic) bond motifs is 1. The smallest absolute Gasteiger partial charge is 0.317 e. The van der Waals surface area contributed by atoms with Crippen LogP contribution < -0.4 is 0 Å². The first kappa shape index (κ1) is 18.2. The number of rotatable bonds is 8. The third kappa shape index (κ3) is 4.16. The zero-order valence-electron chi connectivity index (χ0n) is 14.2. The fraction of sp³-hybridized carbons (Fsp3) is 0.353. The summed E-state index contributed by atoms with van der Waals surface area (Å²) in [6, 6.07) is 6.11. The summed E-state index contributed by atoms with van der Waals surface area (Å²) < 4.78 is 14.6. The van der Waals surface area contributed by atoms with Gasteiger partial charge in [0.25, 0.3) is 0 Å². The van der Waals surface area contributed by atoms with Crippen LogP contribution in [-0.4, -0.2) is 41.3 Å². The molecular weight excluding hydrogens is 357 g/mol. The number of carboxylic acid groups (broad SMARTS) is 1. The average Bonchev–Trinajstić information content (AvgIpc) is 3.04. The topological polar surface area (TPSA) is 93.8 Å². The monoisotopic (exact) mass is 375 g/mol. The molecule has 0 aliphatic heterocycles. The molecule has 0 aliphatic rings. The van der Waals surface area contributed by atoms with E-state index in [-0.39, 0.29) is 5.82 Å². The summed E-state index contributed by atoms with van der Waals surface area (Å²) in [6.07, 6.45) is 3.70. The molecule has 0 saturated heterocycles. The van der Waals surface area contributed by atoms with E-state index >= 15 is 0 Å². The van der Waals surface area contributed by atoms with Crippen LogP contribution in [0.1, 0.15) is 31.7 Å². The fourth-order valence-corrected chi connectivity index (χ4v) is 3.49. The molecule has 1 unspecified atom stereocenters. The van der Waals surface area contributed by atoms with E-state index in [4.69, 9.17) is 0 Å². The molecule has 0 spiro atoms. The maximum absolute atomic E-state index is 13.0. The van der Waals surface area contributed by atoms with Crippen LogP contribution in [0.25, 0.3) is 11.2 Å². The molecule has 3 rings (SSSR count). The average molecular weight is 375 g/mol. The highest BCUT2D eigenvalue weighted by atomic mass is 32.2. The predicted octanol–water partition coefficient (Wildman–Crippen LogP) is 3.14. The largest absolute Gasteiger partial charge is 0.480 e. The normalized spacial score (nSPS) is 12.4. The number of aromatic nitrogens is 5. The molecule has 0 amide bonds. The molecule has 0 aliphatic carbocycles. The molecule has 0 fully saturated rings. The van der Waals surface area contributed by atoms with Gasteiger partial charge in [0.15, 0.2) is 11.2 Å². The van der Waals surface area contributed by atoms with Crippen LogP contribution >= 0.6 is 11.8 Å². The molecule has 2 aromatic heterocycles. The molecule has 2 heterocycles. The molecule has 7 nitrogen and oxygen atoms in total. The SMILES string of the molecule is CCCCC(Sc1ncnc2c1nnn2Cc1ccc(F)cc1)C(=O)O. The molecule has 26 heavy (non-hydrogen) atoms. The molecule has 1 N–H and O–H groups in total.